The molecule has 1 fully saturated rings. The second kappa shape index (κ2) is 8.74. The van der Waals surface area contributed by atoms with Crippen molar-refractivity contribution in [3.05, 3.63) is 73.2 Å². The van der Waals surface area contributed by atoms with Crippen molar-refractivity contribution in [2.75, 3.05) is 11.1 Å². The number of hydrogen-bond donors (Lipinski definition) is 3. The lowest BCUT2D eigenvalue weighted by molar-refractivity contribution is -0.117. The highest BCUT2D eigenvalue weighted by Crippen LogP contribution is 2.38. The standard InChI is InChI=1S/C24H22N8O2/c1-2-19(33)29-16-11-17(12-16)32-23-20(22(25)27-13-28-23)21(31-32)14-6-8-15(9-7-14)24(34)30-18-5-3-4-10-26-18/h2-10,13,16-17H,1,11-12H2,(H,29,33)(H2,25,27,28)(H,26,30,34)/t16-,17+. The second-order valence-corrected chi connectivity index (χ2v) is 8.03. The van der Waals surface area contributed by atoms with E-state index in [1.165, 1.54) is 12.4 Å². The second-order valence-electron chi connectivity index (χ2n) is 8.03. The quantitative estimate of drug-likeness (QED) is 0.380. The summed E-state index contributed by atoms with van der Waals surface area (Å²) in [7, 11) is 0. The molecule has 3 heterocycles. The van der Waals surface area contributed by atoms with Gasteiger partial charge in [0.25, 0.3) is 5.91 Å². The molecule has 1 aliphatic rings. The van der Waals surface area contributed by atoms with Gasteiger partial charge in [-0.05, 0) is 43.2 Å². The van der Waals surface area contributed by atoms with Crippen molar-refractivity contribution in [1.82, 2.24) is 30.0 Å². The van der Waals surface area contributed by atoms with Crippen molar-refractivity contribution in [1.29, 1.82) is 0 Å². The van der Waals surface area contributed by atoms with Crippen LogP contribution in [0.25, 0.3) is 22.3 Å². The third-order valence-corrected chi connectivity index (χ3v) is 5.84. The predicted octanol–water partition coefficient (Wildman–Crippen LogP) is 2.73. The first-order valence-electron chi connectivity index (χ1n) is 10.8. The molecule has 1 aromatic carbocycles. The van der Waals surface area contributed by atoms with Gasteiger partial charge in [-0.2, -0.15) is 5.10 Å². The lowest BCUT2D eigenvalue weighted by atomic mass is 9.87. The Labute approximate surface area is 194 Å². The van der Waals surface area contributed by atoms with E-state index >= 15 is 0 Å². The van der Waals surface area contributed by atoms with Crippen LogP contribution in [0, 0.1) is 0 Å². The fourth-order valence-corrected chi connectivity index (χ4v) is 4.02. The maximum absolute atomic E-state index is 12.6. The number of nitrogens with one attached hydrogen (secondary N) is 2. The first kappa shape index (κ1) is 21.3. The van der Waals surface area contributed by atoms with E-state index < -0.39 is 0 Å². The van der Waals surface area contributed by atoms with Crippen LogP contribution in [-0.4, -0.2) is 42.6 Å². The molecule has 0 spiro atoms. The molecule has 34 heavy (non-hydrogen) atoms. The van der Waals surface area contributed by atoms with Gasteiger partial charge in [0, 0.05) is 23.4 Å². The van der Waals surface area contributed by atoms with Crippen LogP contribution in [0.2, 0.25) is 0 Å². The number of amides is 2. The van der Waals surface area contributed by atoms with Gasteiger partial charge in [-0.1, -0.05) is 24.8 Å². The summed E-state index contributed by atoms with van der Waals surface area (Å²) in [5, 5.41) is 11.1. The van der Waals surface area contributed by atoms with Gasteiger partial charge >= 0.3 is 0 Å². The third-order valence-electron chi connectivity index (χ3n) is 5.84. The molecule has 0 saturated heterocycles. The molecule has 3 aromatic heterocycles. The molecule has 2 amide bonds. The summed E-state index contributed by atoms with van der Waals surface area (Å²) in [6.45, 7) is 3.49. The summed E-state index contributed by atoms with van der Waals surface area (Å²) in [6.07, 6.45) is 5.76. The minimum Gasteiger partial charge on any atom is -0.383 e. The molecule has 10 nitrogen and oxygen atoms in total. The van der Waals surface area contributed by atoms with Crippen LogP contribution in [0.5, 0.6) is 0 Å². The van der Waals surface area contributed by atoms with Crippen molar-refractivity contribution in [3.8, 4) is 11.3 Å². The van der Waals surface area contributed by atoms with E-state index in [1.54, 1.807) is 36.5 Å². The van der Waals surface area contributed by atoms with Gasteiger partial charge in [-0.3, -0.25) is 9.59 Å². The first-order valence-corrected chi connectivity index (χ1v) is 10.8. The Balaban J connectivity index is 1.41. The van der Waals surface area contributed by atoms with Crippen LogP contribution in [0.15, 0.2) is 67.6 Å². The SMILES string of the molecule is C=CC(=O)N[C@H]1C[C@@H](n2nc(-c3ccc(C(=O)Nc4ccccn4)cc3)c3c(N)ncnc32)C1. The Morgan fingerprint density at radius 2 is 1.88 bits per heavy atom. The topological polar surface area (TPSA) is 141 Å². The van der Waals surface area contributed by atoms with Crippen LogP contribution in [0.1, 0.15) is 29.2 Å². The Morgan fingerprint density at radius 3 is 2.59 bits per heavy atom. The smallest absolute Gasteiger partial charge is 0.256 e. The fourth-order valence-electron chi connectivity index (χ4n) is 4.02. The third kappa shape index (κ3) is 3.96. The van der Waals surface area contributed by atoms with Gasteiger partial charge in [0.05, 0.1) is 11.4 Å². The Kier molecular flexibility index (Phi) is 5.46. The Bertz CT molecular complexity index is 1380. The predicted molar refractivity (Wildman–Crippen MR) is 128 cm³/mol. The highest BCUT2D eigenvalue weighted by Gasteiger charge is 2.34. The molecule has 1 aliphatic carbocycles. The van der Waals surface area contributed by atoms with E-state index in [0.29, 0.717) is 33.9 Å². The summed E-state index contributed by atoms with van der Waals surface area (Å²) in [4.78, 5) is 36.8. The zero-order valence-electron chi connectivity index (χ0n) is 18.2. The number of nitrogens with zero attached hydrogens (tertiary/aromatic N) is 5. The van der Waals surface area contributed by atoms with Gasteiger partial charge < -0.3 is 16.4 Å². The minimum atomic E-state index is -0.259. The van der Waals surface area contributed by atoms with Gasteiger partial charge in [0.1, 0.15) is 23.7 Å². The van der Waals surface area contributed by atoms with Crippen LogP contribution in [0.4, 0.5) is 11.6 Å². The molecule has 170 valence electrons. The lowest BCUT2D eigenvalue weighted by Crippen LogP contribution is -2.44. The van der Waals surface area contributed by atoms with E-state index in [0.717, 1.165) is 18.4 Å². The van der Waals surface area contributed by atoms with E-state index in [1.807, 2.05) is 16.8 Å². The summed E-state index contributed by atoms with van der Waals surface area (Å²) in [5.41, 5.74) is 8.75. The number of carbonyl (C=O) groups excluding carboxylic acids is 2. The van der Waals surface area contributed by atoms with Crippen molar-refractivity contribution < 1.29 is 9.59 Å². The Hall–Kier alpha value is -4.60. The van der Waals surface area contributed by atoms with Crippen LogP contribution < -0.4 is 16.4 Å². The van der Waals surface area contributed by atoms with Gasteiger partial charge in [-0.15, -0.1) is 0 Å². The number of rotatable bonds is 6. The molecule has 4 aromatic rings. The highest BCUT2D eigenvalue weighted by atomic mass is 16.2. The average Bonchev–Trinajstić information content (AvgIpc) is 3.22. The number of benzene rings is 1. The molecule has 0 unspecified atom stereocenters. The summed E-state index contributed by atoms with van der Waals surface area (Å²) in [5.74, 6) is 0.368. The van der Waals surface area contributed by atoms with Crippen molar-refractivity contribution >= 4 is 34.5 Å². The number of carbonyl (C=O) groups is 2. The van der Waals surface area contributed by atoms with E-state index in [2.05, 4.69) is 32.2 Å². The van der Waals surface area contributed by atoms with Crippen LogP contribution in [-0.2, 0) is 4.79 Å². The summed E-state index contributed by atoms with van der Waals surface area (Å²) >= 11 is 0. The zero-order valence-corrected chi connectivity index (χ0v) is 18.2. The summed E-state index contributed by atoms with van der Waals surface area (Å²) in [6, 6.07) is 12.5. The van der Waals surface area contributed by atoms with Gasteiger partial charge in [0.2, 0.25) is 5.91 Å². The normalized spacial score (nSPS) is 17.1. The average molecular weight is 454 g/mol. The fraction of sp³-hybridized carbons (Fsp3) is 0.167. The number of aromatic nitrogens is 5. The van der Waals surface area contributed by atoms with E-state index in [9.17, 15) is 9.59 Å². The minimum absolute atomic E-state index is 0.0642. The number of pyridine rings is 1. The number of fused-ring (bicyclic) bond motifs is 1. The number of nitrogen functional groups attached to an aromatic ring is 1. The molecule has 1 saturated carbocycles. The molecule has 0 radical (unpaired) electrons. The number of anilines is 2. The molecule has 0 bridgehead atoms. The van der Waals surface area contributed by atoms with Crippen molar-refractivity contribution in [3.63, 3.8) is 0 Å². The Morgan fingerprint density at radius 1 is 1.09 bits per heavy atom. The van der Waals surface area contributed by atoms with Gasteiger partial charge in [-0.25, -0.2) is 19.6 Å². The van der Waals surface area contributed by atoms with E-state index in [-0.39, 0.29) is 23.9 Å². The maximum Gasteiger partial charge on any atom is 0.256 e. The van der Waals surface area contributed by atoms with Crippen LogP contribution in [0.3, 0.4) is 0 Å². The number of hydrogen-bond acceptors (Lipinski definition) is 7. The van der Waals surface area contributed by atoms with Crippen molar-refractivity contribution in [2.45, 2.75) is 24.9 Å². The largest absolute Gasteiger partial charge is 0.383 e. The molecule has 10 heteroatoms. The molecular formula is C24H22N8O2. The molecule has 0 atom stereocenters. The lowest BCUT2D eigenvalue weighted by Gasteiger charge is -2.35. The zero-order chi connectivity index (χ0) is 23.7. The molecule has 0 aliphatic heterocycles. The number of nitrogens with two attached hydrogens (primary N) is 1. The van der Waals surface area contributed by atoms with Gasteiger partial charge in [0.15, 0.2) is 5.65 Å². The van der Waals surface area contributed by atoms with Crippen molar-refractivity contribution in [2.24, 2.45) is 0 Å². The van der Waals surface area contributed by atoms with E-state index in [4.69, 9.17) is 10.8 Å². The summed E-state index contributed by atoms with van der Waals surface area (Å²) < 4.78 is 1.85. The molecule has 5 rings (SSSR count). The molecule has 4 N–H and O–H groups in total. The molecular weight excluding hydrogens is 432 g/mol. The first-order chi connectivity index (χ1) is 16.5. The van der Waals surface area contributed by atoms with Crippen LogP contribution >= 0.6 is 0 Å². The highest BCUT2D eigenvalue weighted by molar-refractivity contribution is 6.04. The monoisotopic (exact) mass is 454 g/mol. The maximum atomic E-state index is 12.6.